The minimum Gasteiger partial charge on any atom is -0.496 e. The number of carbonyl (C=O) groups excluding carboxylic acids is 1. The minimum atomic E-state index is -0.324. The lowest BCUT2D eigenvalue weighted by Gasteiger charge is -2.60. The Kier molecular flexibility index (Phi) is 4.77. The average molecular weight is 443 g/mol. The molecule has 4 heteroatoms. The van der Waals surface area contributed by atoms with Crippen molar-refractivity contribution < 1.29 is 19.4 Å². The maximum atomic E-state index is 11.9. The van der Waals surface area contributed by atoms with Crippen LogP contribution in [0.3, 0.4) is 0 Å². The van der Waals surface area contributed by atoms with Gasteiger partial charge in [-0.1, -0.05) is 24.3 Å². The van der Waals surface area contributed by atoms with Crippen molar-refractivity contribution in [2.75, 3.05) is 14.2 Å². The molecule has 3 unspecified atom stereocenters. The number of fused-ring (bicyclic) bond motifs is 1. The van der Waals surface area contributed by atoms with Crippen molar-refractivity contribution in [1.82, 2.24) is 0 Å². The van der Waals surface area contributed by atoms with Crippen LogP contribution < -0.4 is 4.74 Å². The maximum absolute atomic E-state index is 11.9. The Balaban J connectivity index is 1.43. The summed E-state index contributed by atoms with van der Waals surface area (Å²) in [5, 5.41) is 13.5. The molecule has 1 N–H and O–H groups in total. The van der Waals surface area contributed by atoms with Crippen LogP contribution in [0.2, 0.25) is 0 Å². The first-order chi connectivity index (χ1) is 16.0. The van der Waals surface area contributed by atoms with Crippen LogP contribution in [-0.2, 0) is 10.2 Å². The molecule has 170 valence electrons. The highest BCUT2D eigenvalue weighted by atomic mass is 16.5. The van der Waals surface area contributed by atoms with E-state index in [0.29, 0.717) is 11.5 Å². The summed E-state index contributed by atoms with van der Waals surface area (Å²) in [6, 6.07) is 18.4. The zero-order valence-corrected chi connectivity index (χ0v) is 19.2. The minimum absolute atomic E-state index is 0.192. The van der Waals surface area contributed by atoms with E-state index < -0.39 is 0 Å². The molecule has 3 aromatic rings. The normalized spacial score (nSPS) is 29.9. The van der Waals surface area contributed by atoms with Gasteiger partial charge in [0.05, 0.1) is 25.9 Å². The van der Waals surface area contributed by atoms with E-state index in [0.717, 1.165) is 52.3 Å². The van der Waals surface area contributed by atoms with Crippen LogP contribution in [0.25, 0.3) is 21.9 Å². The summed E-state index contributed by atoms with van der Waals surface area (Å²) < 4.78 is 10.7. The van der Waals surface area contributed by atoms with Crippen LogP contribution in [-0.4, -0.2) is 31.4 Å². The highest BCUT2D eigenvalue weighted by Crippen LogP contribution is 2.62. The summed E-state index contributed by atoms with van der Waals surface area (Å²) in [6.07, 6.45) is 5.52. The number of esters is 1. The quantitative estimate of drug-likeness (QED) is 0.524. The second-order valence-corrected chi connectivity index (χ2v) is 10.4. The number of carbonyl (C=O) groups is 1. The van der Waals surface area contributed by atoms with Gasteiger partial charge in [0.15, 0.2) is 0 Å². The van der Waals surface area contributed by atoms with Gasteiger partial charge in [0.25, 0.3) is 0 Å². The number of rotatable bonds is 4. The molecule has 4 saturated carbocycles. The van der Waals surface area contributed by atoms with E-state index in [9.17, 15) is 9.90 Å². The predicted octanol–water partition coefficient (Wildman–Crippen LogP) is 5.74. The molecule has 4 nitrogen and oxygen atoms in total. The Morgan fingerprint density at radius 3 is 2.27 bits per heavy atom. The number of ether oxygens (including phenoxy) is 2. The monoisotopic (exact) mass is 442 g/mol. The summed E-state index contributed by atoms with van der Waals surface area (Å²) >= 11 is 0. The molecule has 0 aliphatic heterocycles. The molecule has 0 amide bonds. The van der Waals surface area contributed by atoms with Gasteiger partial charge in [-0.3, -0.25) is 0 Å². The number of benzene rings is 3. The Bertz CT molecular complexity index is 1230. The topological polar surface area (TPSA) is 55.8 Å². The number of hydrogen-bond donors (Lipinski definition) is 1. The van der Waals surface area contributed by atoms with Gasteiger partial charge in [-0.15, -0.1) is 0 Å². The lowest BCUT2D eigenvalue weighted by molar-refractivity contribution is -0.114. The van der Waals surface area contributed by atoms with Gasteiger partial charge in [0, 0.05) is 11.0 Å². The third kappa shape index (κ3) is 3.18. The average Bonchev–Trinajstić information content (AvgIpc) is 2.85. The van der Waals surface area contributed by atoms with Crippen molar-refractivity contribution in [3.05, 3.63) is 65.7 Å². The fourth-order valence-electron chi connectivity index (χ4n) is 7.34. The molecule has 33 heavy (non-hydrogen) atoms. The summed E-state index contributed by atoms with van der Waals surface area (Å²) in [4.78, 5) is 11.9. The summed E-state index contributed by atoms with van der Waals surface area (Å²) in [7, 11) is 3.14. The predicted molar refractivity (Wildman–Crippen MR) is 129 cm³/mol. The van der Waals surface area contributed by atoms with Crippen LogP contribution >= 0.6 is 0 Å². The fourth-order valence-corrected chi connectivity index (χ4v) is 7.34. The van der Waals surface area contributed by atoms with E-state index in [1.54, 1.807) is 7.11 Å². The lowest BCUT2D eigenvalue weighted by atomic mass is 9.46. The van der Waals surface area contributed by atoms with Gasteiger partial charge in [0.1, 0.15) is 5.75 Å². The van der Waals surface area contributed by atoms with Gasteiger partial charge in [-0.05, 0) is 102 Å². The molecule has 4 bridgehead atoms. The van der Waals surface area contributed by atoms with E-state index in [1.165, 1.54) is 31.9 Å². The van der Waals surface area contributed by atoms with E-state index in [2.05, 4.69) is 36.4 Å². The molecule has 3 atom stereocenters. The number of aliphatic hydroxyl groups is 1. The zero-order chi connectivity index (χ0) is 22.7. The molecular formula is C29H30O4. The lowest BCUT2D eigenvalue weighted by Crippen LogP contribution is -2.58. The molecule has 0 spiro atoms. The van der Waals surface area contributed by atoms with Crippen LogP contribution in [0.4, 0.5) is 0 Å². The summed E-state index contributed by atoms with van der Waals surface area (Å²) in [5.74, 6) is 2.44. The van der Waals surface area contributed by atoms with Crippen LogP contribution in [0.5, 0.6) is 5.75 Å². The third-order valence-corrected chi connectivity index (χ3v) is 8.59. The summed E-state index contributed by atoms with van der Waals surface area (Å²) in [5.41, 5.74) is 3.79. The van der Waals surface area contributed by atoms with Crippen molar-refractivity contribution >= 4 is 16.7 Å². The first kappa shape index (κ1) is 20.7. The molecule has 0 aromatic heterocycles. The first-order valence-electron chi connectivity index (χ1n) is 12.0. The largest absolute Gasteiger partial charge is 0.496 e. The molecule has 0 heterocycles. The molecule has 3 aromatic carbocycles. The van der Waals surface area contributed by atoms with Gasteiger partial charge >= 0.3 is 5.97 Å². The standard InChI is InChI=1S/C29H30O4/c1-32-26-8-7-22(20-3-4-21-13-23(28(31)33-2)6-5-19(21)12-20)14-25(26)29-15-17-9-18(16-29)11-24(10-17)27(29)30/h3-8,12-14,17-18,24,27,30H,9-11,15-16H2,1-2H3. The molecular weight excluding hydrogens is 412 g/mol. The van der Waals surface area contributed by atoms with Crippen molar-refractivity contribution in [3.8, 4) is 16.9 Å². The van der Waals surface area contributed by atoms with Gasteiger partial charge < -0.3 is 14.6 Å². The summed E-state index contributed by atoms with van der Waals surface area (Å²) in [6.45, 7) is 0. The van der Waals surface area contributed by atoms with Crippen LogP contribution in [0.1, 0.15) is 48.0 Å². The Morgan fingerprint density at radius 2 is 1.55 bits per heavy atom. The molecule has 4 aliphatic carbocycles. The van der Waals surface area contributed by atoms with Crippen molar-refractivity contribution in [2.45, 2.75) is 43.6 Å². The Hall–Kier alpha value is -2.85. The molecule has 0 radical (unpaired) electrons. The van der Waals surface area contributed by atoms with Gasteiger partial charge in [-0.25, -0.2) is 4.79 Å². The Labute approximate surface area is 194 Å². The first-order valence-corrected chi connectivity index (χ1v) is 12.0. The van der Waals surface area contributed by atoms with Gasteiger partial charge in [-0.2, -0.15) is 0 Å². The number of hydrogen-bond acceptors (Lipinski definition) is 4. The highest BCUT2D eigenvalue weighted by Gasteiger charge is 2.58. The van der Waals surface area contributed by atoms with Crippen LogP contribution in [0.15, 0.2) is 54.6 Å². The SMILES string of the molecule is COC(=O)c1ccc2cc(-c3ccc(OC)c(C45CC6CC(CC(C6)C4O)C5)c3)ccc2c1. The van der Waals surface area contributed by atoms with E-state index in [4.69, 9.17) is 9.47 Å². The van der Waals surface area contributed by atoms with E-state index >= 15 is 0 Å². The zero-order valence-electron chi connectivity index (χ0n) is 19.2. The van der Waals surface area contributed by atoms with E-state index in [-0.39, 0.29) is 17.5 Å². The molecule has 0 saturated heterocycles. The highest BCUT2D eigenvalue weighted by molar-refractivity contribution is 5.96. The van der Waals surface area contributed by atoms with E-state index in [1.807, 2.05) is 18.2 Å². The number of aliphatic hydroxyl groups excluding tert-OH is 1. The van der Waals surface area contributed by atoms with Gasteiger partial charge in [0.2, 0.25) is 0 Å². The maximum Gasteiger partial charge on any atom is 0.337 e. The third-order valence-electron chi connectivity index (χ3n) is 8.59. The van der Waals surface area contributed by atoms with Crippen molar-refractivity contribution in [3.63, 3.8) is 0 Å². The van der Waals surface area contributed by atoms with Crippen molar-refractivity contribution in [1.29, 1.82) is 0 Å². The smallest absolute Gasteiger partial charge is 0.337 e. The molecule has 7 rings (SSSR count). The molecule has 4 aliphatic rings. The molecule has 4 fully saturated rings. The Morgan fingerprint density at radius 1 is 0.879 bits per heavy atom. The van der Waals surface area contributed by atoms with Crippen molar-refractivity contribution in [2.24, 2.45) is 17.8 Å². The fraction of sp³-hybridized carbons (Fsp3) is 0.414. The second kappa shape index (κ2) is 7.59. The van der Waals surface area contributed by atoms with Crippen LogP contribution in [0, 0.1) is 17.8 Å². The second-order valence-electron chi connectivity index (χ2n) is 10.4. The number of methoxy groups -OCH3 is 2.